The molecule has 5 nitrogen and oxygen atoms in total. The van der Waals surface area contributed by atoms with Gasteiger partial charge >= 0.3 is 0 Å². The number of benzene rings is 2. The second-order valence-corrected chi connectivity index (χ2v) is 10.1. The van der Waals surface area contributed by atoms with Crippen molar-refractivity contribution >= 4 is 17.2 Å². The Kier molecular flexibility index (Phi) is 6.45. The number of aryl methyl sites for hydroxylation is 1. The van der Waals surface area contributed by atoms with Gasteiger partial charge in [-0.05, 0) is 69.0 Å². The maximum Gasteiger partial charge on any atom is 0.212 e. The van der Waals surface area contributed by atoms with Gasteiger partial charge in [-0.25, -0.2) is 0 Å². The van der Waals surface area contributed by atoms with Crippen LogP contribution in [0.25, 0.3) is 0 Å². The fraction of sp³-hybridized carbons (Fsp3) is 0.519. The van der Waals surface area contributed by atoms with Crippen LogP contribution in [0.2, 0.25) is 0 Å². The minimum atomic E-state index is -0.825. The van der Waals surface area contributed by atoms with Crippen molar-refractivity contribution in [2.75, 3.05) is 33.9 Å². The Hall–Kier alpha value is -1.99. The van der Waals surface area contributed by atoms with Gasteiger partial charge in [-0.1, -0.05) is 42.0 Å². The molecule has 2 aromatic rings. The highest BCUT2D eigenvalue weighted by atomic mass is 32.1. The lowest BCUT2D eigenvalue weighted by Gasteiger charge is -2.44. The van der Waals surface area contributed by atoms with Crippen LogP contribution < -0.4 is 10.1 Å². The van der Waals surface area contributed by atoms with E-state index in [1.807, 2.05) is 24.3 Å². The lowest BCUT2D eigenvalue weighted by Crippen LogP contribution is -2.52. The third-order valence-electron chi connectivity index (χ3n) is 7.86. The second-order valence-electron chi connectivity index (χ2n) is 9.64. The van der Waals surface area contributed by atoms with Gasteiger partial charge in [-0.2, -0.15) is 0 Å². The Labute approximate surface area is 202 Å². The average molecular weight is 467 g/mol. The van der Waals surface area contributed by atoms with Crippen molar-refractivity contribution in [3.63, 3.8) is 0 Å². The van der Waals surface area contributed by atoms with Crippen molar-refractivity contribution < 1.29 is 14.2 Å². The largest absolute Gasteiger partial charge is 0.497 e. The fourth-order valence-electron chi connectivity index (χ4n) is 5.97. The summed E-state index contributed by atoms with van der Waals surface area (Å²) in [6.07, 6.45) is 3.61. The third-order valence-corrected chi connectivity index (χ3v) is 8.27. The Bertz CT molecular complexity index is 972. The average Bonchev–Trinajstić information content (AvgIpc) is 3.40. The summed E-state index contributed by atoms with van der Waals surface area (Å²) in [7, 11) is 3.94. The van der Waals surface area contributed by atoms with Gasteiger partial charge in [-0.15, -0.1) is 0 Å². The Morgan fingerprint density at radius 2 is 1.79 bits per heavy atom. The van der Waals surface area contributed by atoms with Crippen LogP contribution in [0.1, 0.15) is 41.9 Å². The standard InChI is InChI=1S/C27H34N2O3S/c1-18-4-6-19(7-5-18)23-16-21-10-13-24(29(21)2)25(23)26(33)28-17-27(31-14-15-32-27)20-8-11-22(30-3)12-9-20/h4-9,11-12,21,23-25H,10,13-17H2,1-3H3,(H,28,33)/t21-,23+,24+,25-/m0/s1. The van der Waals surface area contributed by atoms with Crippen LogP contribution in [0.3, 0.4) is 0 Å². The first kappa shape index (κ1) is 22.8. The molecule has 0 radical (unpaired) electrons. The smallest absolute Gasteiger partial charge is 0.212 e. The third kappa shape index (κ3) is 4.30. The van der Waals surface area contributed by atoms with Crippen molar-refractivity contribution in [1.82, 2.24) is 10.2 Å². The summed E-state index contributed by atoms with van der Waals surface area (Å²) in [5, 5.41) is 3.60. The van der Waals surface area contributed by atoms with Crippen LogP contribution >= 0.6 is 12.2 Å². The van der Waals surface area contributed by atoms with Crippen LogP contribution in [-0.2, 0) is 15.3 Å². The van der Waals surface area contributed by atoms with Gasteiger partial charge in [0.2, 0.25) is 5.79 Å². The van der Waals surface area contributed by atoms with Gasteiger partial charge in [-0.3, -0.25) is 4.90 Å². The first-order chi connectivity index (χ1) is 16.0. The fourth-order valence-corrected chi connectivity index (χ4v) is 6.37. The summed E-state index contributed by atoms with van der Waals surface area (Å²) in [5.41, 5.74) is 3.68. The summed E-state index contributed by atoms with van der Waals surface area (Å²) in [5.74, 6) is 0.703. The molecule has 0 spiro atoms. The van der Waals surface area contributed by atoms with Gasteiger partial charge in [0.05, 0.1) is 31.9 Å². The zero-order valence-corrected chi connectivity index (χ0v) is 20.6. The number of nitrogens with zero attached hydrogens (tertiary/aromatic N) is 1. The Morgan fingerprint density at radius 3 is 2.45 bits per heavy atom. The van der Waals surface area contributed by atoms with Crippen molar-refractivity contribution in [2.45, 2.75) is 50.0 Å². The molecule has 6 heteroatoms. The molecule has 176 valence electrons. The van der Waals surface area contributed by atoms with Crippen molar-refractivity contribution in [2.24, 2.45) is 5.92 Å². The number of nitrogens with one attached hydrogen (secondary N) is 1. The molecule has 0 amide bonds. The number of ether oxygens (including phenoxy) is 3. The Balaban J connectivity index is 1.37. The number of fused-ring (bicyclic) bond motifs is 2. The molecular weight excluding hydrogens is 432 g/mol. The molecule has 3 aliphatic heterocycles. The minimum Gasteiger partial charge on any atom is -0.497 e. The summed E-state index contributed by atoms with van der Waals surface area (Å²) < 4.78 is 17.6. The quantitative estimate of drug-likeness (QED) is 0.637. The molecule has 0 aliphatic carbocycles. The summed E-state index contributed by atoms with van der Waals surface area (Å²) >= 11 is 6.10. The molecule has 5 rings (SSSR count). The van der Waals surface area contributed by atoms with Gasteiger partial charge in [0, 0.05) is 23.6 Å². The highest BCUT2D eigenvalue weighted by Gasteiger charge is 2.48. The zero-order chi connectivity index (χ0) is 23.0. The number of hydrogen-bond donors (Lipinski definition) is 1. The summed E-state index contributed by atoms with van der Waals surface area (Å²) in [4.78, 5) is 3.48. The molecule has 3 saturated heterocycles. The number of hydrogen-bond acceptors (Lipinski definition) is 5. The molecule has 2 aromatic carbocycles. The number of methoxy groups -OCH3 is 1. The minimum absolute atomic E-state index is 0.278. The van der Waals surface area contributed by atoms with Crippen LogP contribution in [0.15, 0.2) is 48.5 Å². The summed E-state index contributed by atoms with van der Waals surface area (Å²) in [6.45, 7) is 3.78. The van der Waals surface area contributed by atoms with E-state index in [1.165, 1.54) is 24.0 Å². The monoisotopic (exact) mass is 466 g/mol. The molecule has 3 aliphatic rings. The lowest BCUT2D eigenvalue weighted by molar-refractivity contribution is -0.159. The molecular formula is C27H34N2O3S. The van der Waals surface area contributed by atoms with E-state index in [0.717, 1.165) is 22.7 Å². The number of rotatable bonds is 6. The number of piperidine rings is 1. The first-order valence-corrected chi connectivity index (χ1v) is 12.4. The van der Waals surface area contributed by atoms with E-state index in [0.29, 0.717) is 37.8 Å². The lowest BCUT2D eigenvalue weighted by atomic mass is 9.76. The molecule has 3 heterocycles. The van der Waals surface area contributed by atoms with Gasteiger partial charge in [0.15, 0.2) is 0 Å². The first-order valence-electron chi connectivity index (χ1n) is 12.0. The highest BCUT2D eigenvalue weighted by Crippen LogP contribution is 2.46. The normalized spacial score (nSPS) is 28.6. The molecule has 33 heavy (non-hydrogen) atoms. The van der Waals surface area contributed by atoms with Crippen molar-refractivity contribution in [3.05, 3.63) is 65.2 Å². The van der Waals surface area contributed by atoms with Gasteiger partial charge < -0.3 is 19.5 Å². The maximum absolute atomic E-state index is 6.15. The van der Waals surface area contributed by atoms with E-state index < -0.39 is 5.79 Å². The topological polar surface area (TPSA) is 43.0 Å². The molecule has 1 N–H and O–H groups in total. The zero-order valence-electron chi connectivity index (χ0n) is 19.8. The van der Waals surface area contributed by atoms with E-state index in [-0.39, 0.29) is 5.92 Å². The van der Waals surface area contributed by atoms with E-state index in [2.05, 4.69) is 48.5 Å². The van der Waals surface area contributed by atoms with E-state index in [1.54, 1.807) is 7.11 Å². The number of thiocarbonyl (C=S) groups is 1. The SMILES string of the molecule is COc1ccc(C2(CNC(=S)[C@H]3[C@@H](c4ccc(C)cc4)C[C@@H]4CC[C@H]3N4C)OCCO2)cc1. The predicted octanol–water partition coefficient (Wildman–Crippen LogP) is 4.39. The van der Waals surface area contributed by atoms with Crippen molar-refractivity contribution in [3.8, 4) is 5.75 Å². The highest BCUT2D eigenvalue weighted by molar-refractivity contribution is 7.80. The van der Waals surface area contributed by atoms with E-state index in [9.17, 15) is 0 Å². The van der Waals surface area contributed by atoms with Crippen LogP contribution in [0.4, 0.5) is 0 Å². The van der Waals surface area contributed by atoms with E-state index >= 15 is 0 Å². The van der Waals surface area contributed by atoms with Crippen LogP contribution in [-0.4, -0.2) is 55.9 Å². The van der Waals surface area contributed by atoms with Crippen LogP contribution in [0.5, 0.6) is 5.75 Å². The Morgan fingerprint density at radius 1 is 1.09 bits per heavy atom. The van der Waals surface area contributed by atoms with Gasteiger partial charge in [0.25, 0.3) is 0 Å². The molecule has 2 bridgehead atoms. The molecule has 4 atom stereocenters. The van der Waals surface area contributed by atoms with Crippen LogP contribution in [0, 0.1) is 12.8 Å². The van der Waals surface area contributed by atoms with Crippen molar-refractivity contribution in [1.29, 1.82) is 0 Å². The molecule has 3 fully saturated rings. The van der Waals surface area contributed by atoms with Gasteiger partial charge in [0.1, 0.15) is 5.75 Å². The predicted molar refractivity (Wildman–Crippen MR) is 134 cm³/mol. The molecule has 0 aromatic heterocycles. The summed E-state index contributed by atoms with van der Waals surface area (Å²) in [6, 6.07) is 18.1. The molecule has 0 unspecified atom stereocenters. The maximum atomic E-state index is 6.15. The molecule has 0 saturated carbocycles. The van der Waals surface area contributed by atoms with E-state index in [4.69, 9.17) is 26.4 Å². The second kappa shape index (κ2) is 9.34.